The molecule has 2 heterocycles. The molecule has 0 bridgehead atoms. The van der Waals surface area contributed by atoms with Gasteiger partial charge in [0.1, 0.15) is 0 Å². The van der Waals surface area contributed by atoms with Crippen molar-refractivity contribution < 1.29 is 4.79 Å². The molecular formula is C24H28N2O. The molecule has 3 heteroatoms. The lowest BCUT2D eigenvalue weighted by Crippen LogP contribution is -2.42. The van der Waals surface area contributed by atoms with Crippen LogP contribution in [-0.2, 0) is 16.9 Å². The lowest BCUT2D eigenvalue weighted by molar-refractivity contribution is -0.132. The monoisotopic (exact) mass is 360 g/mol. The van der Waals surface area contributed by atoms with Gasteiger partial charge in [-0.05, 0) is 24.5 Å². The molecule has 0 spiro atoms. The van der Waals surface area contributed by atoms with Gasteiger partial charge < -0.3 is 9.88 Å². The van der Waals surface area contributed by atoms with Gasteiger partial charge in [0, 0.05) is 35.6 Å². The van der Waals surface area contributed by atoms with Crippen molar-refractivity contribution in [2.45, 2.75) is 57.5 Å². The Balaban J connectivity index is 1.78. The lowest BCUT2D eigenvalue weighted by Gasteiger charge is -2.39. The summed E-state index contributed by atoms with van der Waals surface area (Å²) in [5.74, 6) is 0.278. The highest BCUT2D eigenvalue weighted by atomic mass is 16.2. The molecule has 4 rings (SSSR count). The molecule has 1 fully saturated rings. The van der Waals surface area contributed by atoms with E-state index in [9.17, 15) is 4.79 Å². The minimum atomic E-state index is -0.207. The number of amides is 1. The number of unbranched alkanes of at least 4 members (excludes halogenated alkanes) is 2. The molecular weight excluding hydrogens is 332 g/mol. The molecule has 1 aliphatic heterocycles. The van der Waals surface area contributed by atoms with Gasteiger partial charge in [0.2, 0.25) is 5.91 Å². The second-order valence-corrected chi connectivity index (χ2v) is 7.70. The van der Waals surface area contributed by atoms with Crippen LogP contribution < -0.4 is 0 Å². The first-order valence-electron chi connectivity index (χ1n) is 10.2. The molecule has 3 nitrogen and oxygen atoms in total. The number of aromatic nitrogens is 1. The summed E-state index contributed by atoms with van der Waals surface area (Å²) in [4.78, 5) is 18.6. The maximum absolute atomic E-state index is 13.0. The smallest absolute Gasteiger partial charge is 0.223 e. The van der Waals surface area contributed by atoms with Crippen LogP contribution in [0.15, 0.2) is 60.8 Å². The average Bonchev–Trinajstić information content (AvgIpc) is 3.26. The fraction of sp³-hybridized carbons (Fsp3) is 0.375. The molecule has 1 saturated heterocycles. The largest absolute Gasteiger partial charge is 0.361 e. The highest BCUT2D eigenvalue weighted by molar-refractivity contribution is 5.87. The van der Waals surface area contributed by atoms with Crippen molar-refractivity contribution >= 4 is 16.8 Å². The Morgan fingerprint density at radius 1 is 1.04 bits per heavy atom. The third-order valence-electron chi connectivity index (χ3n) is 6.04. The molecule has 1 atom stereocenters. The van der Waals surface area contributed by atoms with Gasteiger partial charge in [0.15, 0.2) is 0 Å². The molecule has 0 radical (unpaired) electrons. The van der Waals surface area contributed by atoms with E-state index in [2.05, 4.69) is 71.5 Å². The zero-order valence-electron chi connectivity index (χ0n) is 16.1. The zero-order valence-corrected chi connectivity index (χ0v) is 16.1. The normalized spacial score (nSPS) is 19.9. The number of rotatable bonds is 7. The fourth-order valence-electron chi connectivity index (χ4n) is 4.63. The Morgan fingerprint density at radius 2 is 1.81 bits per heavy atom. The van der Waals surface area contributed by atoms with E-state index >= 15 is 0 Å². The maximum Gasteiger partial charge on any atom is 0.223 e. The molecule has 0 aliphatic carbocycles. The van der Waals surface area contributed by atoms with Crippen LogP contribution in [0.3, 0.4) is 0 Å². The predicted molar refractivity (Wildman–Crippen MR) is 110 cm³/mol. The zero-order chi connectivity index (χ0) is 18.7. The van der Waals surface area contributed by atoms with Crippen molar-refractivity contribution in [1.29, 1.82) is 0 Å². The van der Waals surface area contributed by atoms with Crippen LogP contribution in [0.4, 0.5) is 0 Å². The molecule has 1 unspecified atom stereocenters. The number of benzene rings is 2. The van der Waals surface area contributed by atoms with Crippen molar-refractivity contribution in [3.05, 3.63) is 71.9 Å². The SMILES string of the molecule is CCCCCC1(c2c[nH]c3ccccc23)CCC(=O)N1Cc1ccccc1. The molecule has 0 saturated carbocycles. The Hall–Kier alpha value is -2.55. The number of likely N-dealkylation sites (tertiary alicyclic amines) is 1. The maximum atomic E-state index is 13.0. The summed E-state index contributed by atoms with van der Waals surface area (Å²) in [6.07, 6.45) is 8.26. The van der Waals surface area contributed by atoms with Crippen LogP contribution in [0.25, 0.3) is 10.9 Å². The first-order chi connectivity index (χ1) is 13.2. The van der Waals surface area contributed by atoms with Crippen LogP contribution in [-0.4, -0.2) is 15.8 Å². The second kappa shape index (κ2) is 7.59. The quantitative estimate of drug-likeness (QED) is 0.534. The van der Waals surface area contributed by atoms with Crippen molar-refractivity contribution in [1.82, 2.24) is 9.88 Å². The summed E-state index contributed by atoms with van der Waals surface area (Å²) < 4.78 is 0. The summed E-state index contributed by atoms with van der Waals surface area (Å²) in [7, 11) is 0. The highest BCUT2D eigenvalue weighted by Crippen LogP contribution is 2.46. The van der Waals surface area contributed by atoms with Crippen LogP contribution in [0, 0.1) is 0 Å². The summed E-state index contributed by atoms with van der Waals surface area (Å²) in [6.45, 7) is 2.92. The summed E-state index contributed by atoms with van der Waals surface area (Å²) >= 11 is 0. The standard InChI is InChI=1S/C24H28N2O/c1-2-3-9-15-24(21-17-25-22-13-8-7-12-20(21)22)16-14-23(27)26(24)18-19-10-5-4-6-11-19/h4-8,10-13,17,25H,2-3,9,14-16,18H2,1H3. The first kappa shape index (κ1) is 17.8. The predicted octanol–water partition coefficient (Wildman–Crippen LogP) is 5.77. The van der Waals surface area contributed by atoms with Gasteiger partial charge in [-0.25, -0.2) is 0 Å². The molecule has 1 aliphatic rings. The number of fused-ring (bicyclic) bond motifs is 1. The van der Waals surface area contributed by atoms with E-state index in [1.807, 2.05) is 6.07 Å². The van der Waals surface area contributed by atoms with Gasteiger partial charge in [-0.1, -0.05) is 74.7 Å². The van der Waals surface area contributed by atoms with Crippen molar-refractivity contribution in [2.75, 3.05) is 0 Å². The number of hydrogen-bond acceptors (Lipinski definition) is 1. The van der Waals surface area contributed by atoms with E-state index < -0.39 is 0 Å². The third-order valence-corrected chi connectivity index (χ3v) is 6.04. The van der Waals surface area contributed by atoms with Crippen molar-refractivity contribution in [2.24, 2.45) is 0 Å². The van der Waals surface area contributed by atoms with Gasteiger partial charge in [0.25, 0.3) is 0 Å². The van der Waals surface area contributed by atoms with E-state index in [1.165, 1.54) is 29.4 Å². The minimum absolute atomic E-state index is 0.207. The number of carbonyl (C=O) groups is 1. The van der Waals surface area contributed by atoms with Gasteiger partial charge >= 0.3 is 0 Å². The number of H-pyrrole nitrogens is 1. The Kier molecular flexibility index (Phi) is 5.02. The topological polar surface area (TPSA) is 36.1 Å². The number of para-hydroxylation sites is 1. The molecule has 2 aromatic carbocycles. The third kappa shape index (κ3) is 3.27. The molecule has 3 aromatic rings. The van der Waals surface area contributed by atoms with E-state index in [0.29, 0.717) is 13.0 Å². The molecule has 140 valence electrons. The van der Waals surface area contributed by atoms with E-state index in [1.54, 1.807) is 0 Å². The van der Waals surface area contributed by atoms with Crippen LogP contribution in [0.2, 0.25) is 0 Å². The van der Waals surface area contributed by atoms with Gasteiger partial charge in [0.05, 0.1) is 5.54 Å². The highest BCUT2D eigenvalue weighted by Gasteiger charge is 2.47. The minimum Gasteiger partial charge on any atom is -0.361 e. The number of carbonyl (C=O) groups excluding carboxylic acids is 1. The number of hydrogen-bond donors (Lipinski definition) is 1. The molecule has 1 aromatic heterocycles. The fourth-order valence-corrected chi connectivity index (χ4v) is 4.63. The summed E-state index contributed by atoms with van der Waals surface area (Å²) in [5, 5.41) is 1.25. The first-order valence-corrected chi connectivity index (χ1v) is 10.2. The summed E-state index contributed by atoms with van der Waals surface area (Å²) in [5.41, 5.74) is 3.44. The van der Waals surface area contributed by atoms with Crippen LogP contribution in [0.1, 0.15) is 56.6 Å². The van der Waals surface area contributed by atoms with E-state index in [4.69, 9.17) is 0 Å². The summed E-state index contributed by atoms with van der Waals surface area (Å²) in [6, 6.07) is 18.9. The van der Waals surface area contributed by atoms with Crippen LogP contribution >= 0.6 is 0 Å². The van der Waals surface area contributed by atoms with Gasteiger partial charge in [-0.15, -0.1) is 0 Å². The van der Waals surface area contributed by atoms with E-state index in [-0.39, 0.29) is 11.4 Å². The Bertz CT molecular complexity index is 914. The number of nitrogens with zero attached hydrogens (tertiary/aromatic N) is 1. The number of aromatic amines is 1. The van der Waals surface area contributed by atoms with Gasteiger partial charge in [-0.2, -0.15) is 0 Å². The Morgan fingerprint density at radius 3 is 2.63 bits per heavy atom. The van der Waals surface area contributed by atoms with Crippen molar-refractivity contribution in [3.63, 3.8) is 0 Å². The van der Waals surface area contributed by atoms with Gasteiger partial charge in [-0.3, -0.25) is 4.79 Å². The van der Waals surface area contributed by atoms with Crippen LogP contribution in [0.5, 0.6) is 0 Å². The lowest BCUT2D eigenvalue weighted by atomic mass is 9.82. The average molecular weight is 361 g/mol. The second-order valence-electron chi connectivity index (χ2n) is 7.70. The molecule has 1 N–H and O–H groups in total. The van der Waals surface area contributed by atoms with E-state index in [0.717, 1.165) is 24.8 Å². The molecule has 1 amide bonds. The van der Waals surface area contributed by atoms with Crippen molar-refractivity contribution in [3.8, 4) is 0 Å². The Labute approximate surface area is 161 Å². The number of nitrogens with one attached hydrogen (secondary N) is 1. The molecule has 27 heavy (non-hydrogen) atoms.